The molecule has 4 heteroatoms. The first-order valence-electron chi connectivity index (χ1n) is 4.09. The minimum absolute atomic E-state index is 0. The molecule has 0 spiro atoms. The maximum absolute atomic E-state index is 4.02. The van der Waals surface area contributed by atoms with Crippen molar-refractivity contribution in [1.82, 2.24) is 5.01 Å². The normalized spacial score (nSPS) is 8.00. The fourth-order valence-corrected chi connectivity index (χ4v) is 0.701. The molecule has 0 radical (unpaired) electrons. The maximum Gasteiger partial charge on any atom is 0.338 e. The van der Waals surface area contributed by atoms with Gasteiger partial charge in [-0.05, 0) is 13.3 Å². The summed E-state index contributed by atoms with van der Waals surface area (Å²) < 4.78 is 2.07. The summed E-state index contributed by atoms with van der Waals surface area (Å²) in [5.41, 5.74) is 0. The van der Waals surface area contributed by atoms with Crippen LogP contribution in [0.2, 0.25) is 0 Å². The summed E-state index contributed by atoms with van der Waals surface area (Å²) in [6.45, 7) is 6.27. The lowest BCUT2D eigenvalue weighted by atomic mass is 10.5. The molecule has 72 valence electrons. The quantitative estimate of drug-likeness (QED) is 0.375. The van der Waals surface area contributed by atoms with Crippen LogP contribution in [0.4, 0.5) is 0 Å². The Morgan fingerprint density at radius 3 is 2.25 bits per heavy atom. The van der Waals surface area contributed by atoms with Crippen molar-refractivity contribution >= 4 is 18.4 Å². The molecule has 0 fully saturated rings. The molecule has 0 bridgehead atoms. The van der Waals surface area contributed by atoms with Crippen molar-refractivity contribution in [1.29, 1.82) is 0 Å². The molecule has 0 aromatic heterocycles. The first-order chi connectivity index (χ1) is 5.20. The van der Waals surface area contributed by atoms with E-state index < -0.39 is 0 Å². The first-order valence-corrected chi connectivity index (χ1v) is 4.09. The van der Waals surface area contributed by atoms with Crippen LogP contribution in [0.15, 0.2) is 5.10 Å². The van der Waals surface area contributed by atoms with Crippen LogP contribution in [0.5, 0.6) is 0 Å². The average molecular weight is 193 g/mol. The lowest BCUT2D eigenvalue weighted by Gasteiger charge is -1.95. The number of hydrazone groups is 1. The fraction of sp³-hybridized carbons (Fsp3) is 0.875. The van der Waals surface area contributed by atoms with Crippen LogP contribution in [-0.4, -0.2) is 42.8 Å². The van der Waals surface area contributed by atoms with Gasteiger partial charge >= 0.3 is 6.01 Å². The van der Waals surface area contributed by atoms with Gasteiger partial charge in [-0.3, -0.25) is 0 Å². The third-order valence-corrected chi connectivity index (χ3v) is 1.26. The van der Waals surface area contributed by atoms with Gasteiger partial charge in [-0.2, -0.15) is 0 Å². The molecule has 0 N–H and O–H groups in total. The second kappa shape index (κ2) is 8.57. The summed E-state index contributed by atoms with van der Waals surface area (Å²) in [6.07, 6.45) is 1.14. The van der Waals surface area contributed by atoms with Gasteiger partial charge in [0, 0.05) is 14.1 Å². The Hall–Kier alpha value is -0.530. The van der Waals surface area contributed by atoms with Crippen LogP contribution < -0.4 is 0 Å². The molecule has 3 nitrogen and oxygen atoms in total. The Morgan fingerprint density at radius 2 is 1.92 bits per heavy atom. The zero-order valence-corrected chi connectivity index (χ0v) is 9.19. The molecule has 0 saturated carbocycles. The first kappa shape index (κ1) is 14.0. The van der Waals surface area contributed by atoms with E-state index in [0.717, 1.165) is 19.5 Å². The smallest absolute Gasteiger partial charge is 0.218 e. The van der Waals surface area contributed by atoms with Crippen molar-refractivity contribution in [3.63, 3.8) is 0 Å². The highest BCUT2D eigenvalue weighted by Gasteiger charge is 1.93. The Labute approximate surface area is 81.2 Å². The molecule has 0 aromatic rings. The molecule has 0 amide bonds. The molecular weight excluding hydrogens is 174 g/mol. The van der Waals surface area contributed by atoms with Crippen molar-refractivity contribution in [2.24, 2.45) is 5.10 Å². The Balaban J connectivity index is 0. The zero-order chi connectivity index (χ0) is 8.69. The molecule has 0 saturated heterocycles. The minimum Gasteiger partial charge on any atom is -0.218 e. The monoisotopic (exact) mass is 192 g/mol. The van der Waals surface area contributed by atoms with Crippen molar-refractivity contribution in [2.75, 3.05) is 27.2 Å². The molecule has 0 rings (SSSR count). The highest BCUT2D eigenvalue weighted by Crippen LogP contribution is 1.78. The number of hydrogen-bond donors (Lipinski definition) is 0. The molecule has 0 unspecified atom stereocenters. The van der Waals surface area contributed by atoms with Crippen LogP contribution in [0, 0.1) is 0 Å². The van der Waals surface area contributed by atoms with E-state index in [1.807, 2.05) is 14.1 Å². The van der Waals surface area contributed by atoms with E-state index in [9.17, 15) is 0 Å². The van der Waals surface area contributed by atoms with Crippen molar-refractivity contribution in [2.45, 2.75) is 20.3 Å². The van der Waals surface area contributed by atoms with E-state index in [1.54, 1.807) is 5.01 Å². The highest BCUT2D eigenvalue weighted by molar-refractivity contribution is 5.85. The fourth-order valence-electron chi connectivity index (χ4n) is 0.701. The van der Waals surface area contributed by atoms with E-state index in [1.165, 1.54) is 0 Å². The molecule has 0 heterocycles. The molecule has 0 atom stereocenters. The molecular formula is C8H19ClN3+. The number of halogens is 1. The van der Waals surface area contributed by atoms with Crippen LogP contribution in [0.3, 0.4) is 0 Å². The van der Waals surface area contributed by atoms with Crippen LogP contribution in [0.25, 0.3) is 0 Å². The molecule has 0 aliphatic carbocycles. The van der Waals surface area contributed by atoms with Crippen LogP contribution in [0.1, 0.15) is 20.3 Å². The van der Waals surface area contributed by atoms with E-state index in [-0.39, 0.29) is 12.4 Å². The van der Waals surface area contributed by atoms with Gasteiger partial charge in [-0.1, -0.05) is 6.92 Å². The number of nitrogens with zero attached hydrogens (tertiary/aromatic N) is 3. The van der Waals surface area contributed by atoms with E-state index >= 15 is 0 Å². The van der Waals surface area contributed by atoms with Gasteiger partial charge in [0.05, 0.1) is 18.2 Å². The molecule has 0 aliphatic rings. The zero-order valence-electron chi connectivity index (χ0n) is 8.37. The van der Waals surface area contributed by atoms with E-state index in [0.29, 0.717) is 0 Å². The molecule has 0 aromatic carbocycles. The number of rotatable bonds is 4. The second-order valence-electron chi connectivity index (χ2n) is 2.63. The van der Waals surface area contributed by atoms with Gasteiger partial charge in [0.2, 0.25) is 0 Å². The lowest BCUT2D eigenvalue weighted by molar-refractivity contribution is -0.518. The summed E-state index contributed by atoms with van der Waals surface area (Å²) in [7, 11) is 3.79. The third kappa shape index (κ3) is 7.58. The largest absolute Gasteiger partial charge is 0.338 e. The SMILES string of the molecule is CCC[N+](=C=NN(C)C)CC.Cl. The standard InChI is InChI=1S/C8H18N3.ClH/c1-5-7-11(6-2)8-9-10(3)4;/h5-7H2,1-4H3;1H/q+1;. The van der Waals surface area contributed by atoms with E-state index in [2.05, 4.69) is 29.5 Å². The summed E-state index contributed by atoms with van der Waals surface area (Å²) in [6, 6.07) is 2.95. The van der Waals surface area contributed by atoms with Gasteiger partial charge in [0.15, 0.2) is 0 Å². The topological polar surface area (TPSA) is 18.6 Å². The van der Waals surface area contributed by atoms with Gasteiger partial charge in [0.1, 0.15) is 0 Å². The Morgan fingerprint density at radius 1 is 1.33 bits per heavy atom. The van der Waals surface area contributed by atoms with Crippen molar-refractivity contribution in [3.05, 3.63) is 0 Å². The predicted molar refractivity (Wildman–Crippen MR) is 54.3 cm³/mol. The Bertz CT molecular complexity index is 160. The average Bonchev–Trinajstić information content (AvgIpc) is 1.97. The number of hydrogen-bond acceptors (Lipinski definition) is 2. The second-order valence-corrected chi connectivity index (χ2v) is 2.63. The lowest BCUT2D eigenvalue weighted by Crippen LogP contribution is -2.12. The summed E-state index contributed by atoms with van der Waals surface area (Å²) in [5.74, 6) is 0. The molecule has 12 heavy (non-hydrogen) atoms. The summed E-state index contributed by atoms with van der Waals surface area (Å²) >= 11 is 0. The third-order valence-electron chi connectivity index (χ3n) is 1.26. The van der Waals surface area contributed by atoms with Crippen molar-refractivity contribution < 1.29 is 4.58 Å². The van der Waals surface area contributed by atoms with Crippen molar-refractivity contribution in [3.8, 4) is 0 Å². The van der Waals surface area contributed by atoms with Gasteiger partial charge in [-0.15, -0.1) is 12.4 Å². The van der Waals surface area contributed by atoms with Gasteiger partial charge < -0.3 is 0 Å². The van der Waals surface area contributed by atoms with Gasteiger partial charge in [-0.25, -0.2) is 9.58 Å². The van der Waals surface area contributed by atoms with E-state index in [4.69, 9.17) is 0 Å². The highest BCUT2D eigenvalue weighted by atomic mass is 35.5. The maximum atomic E-state index is 4.02. The summed E-state index contributed by atoms with van der Waals surface area (Å²) in [4.78, 5) is 0. The molecule has 0 aliphatic heterocycles. The van der Waals surface area contributed by atoms with Crippen LogP contribution >= 0.6 is 12.4 Å². The van der Waals surface area contributed by atoms with Gasteiger partial charge in [0.25, 0.3) is 0 Å². The predicted octanol–water partition coefficient (Wildman–Crippen LogP) is 1.50. The van der Waals surface area contributed by atoms with Crippen LogP contribution in [-0.2, 0) is 0 Å². The Kier molecular flexibility index (Phi) is 10.0. The summed E-state index contributed by atoms with van der Waals surface area (Å²) in [5, 5.41) is 5.77. The minimum atomic E-state index is 0.